The second-order valence-corrected chi connectivity index (χ2v) is 5.55. The predicted molar refractivity (Wildman–Crippen MR) is 74.3 cm³/mol. The summed E-state index contributed by atoms with van der Waals surface area (Å²) in [6.07, 6.45) is 3.11. The van der Waals surface area contributed by atoms with Gasteiger partial charge in [0.1, 0.15) is 0 Å². The third-order valence-electron chi connectivity index (χ3n) is 2.78. The fourth-order valence-electron chi connectivity index (χ4n) is 1.41. The van der Waals surface area contributed by atoms with Gasteiger partial charge in [0.15, 0.2) is 0 Å². The van der Waals surface area contributed by atoms with Gasteiger partial charge in [0.25, 0.3) is 0 Å². The lowest BCUT2D eigenvalue weighted by atomic mass is 9.99. The van der Waals surface area contributed by atoms with E-state index in [0.29, 0.717) is 26.0 Å². The Morgan fingerprint density at radius 3 is 2.25 bits per heavy atom. The largest absolute Gasteiger partial charge is 0.0826 e. The van der Waals surface area contributed by atoms with Crippen LogP contribution in [0, 0.1) is 5.92 Å². The topological polar surface area (TPSA) is 0 Å². The Hall–Kier alpha value is 0.380. The number of halogens is 4. The van der Waals surface area contributed by atoms with E-state index in [4.69, 9.17) is 46.4 Å². The minimum atomic E-state index is 0.334. The molecule has 0 aliphatic heterocycles. The lowest BCUT2D eigenvalue weighted by Crippen LogP contribution is -1.96. The van der Waals surface area contributed by atoms with Crippen LogP contribution in [0.25, 0.3) is 0 Å². The van der Waals surface area contributed by atoms with E-state index in [9.17, 15) is 0 Å². The molecule has 0 amide bonds. The van der Waals surface area contributed by atoms with E-state index < -0.39 is 0 Å². The molecule has 0 saturated heterocycles. The summed E-state index contributed by atoms with van der Waals surface area (Å²) in [5.74, 6) is 0.671. The average Bonchev–Trinajstić information content (AvgIpc) is 2.28. The van der Waals surface area contributed by atoms with Gasteiger partial charge in [-0.1, -0.05) is 66.7 Å². The summed E-state index contributed by atoms with van der Waals surface area (Å²) in [7, 11) is 0. The Morgan fingerprint density at radius 2 is 1.69 bits per heavy atom. The SMILES string of the molecule is CCC(C)CCc1cc(Cl)c(Cl)c(Cl)c1Cl. The van der Waals surface area contributed by atoms with E-state index in [-0.39, 0.29) is 0 Å². The van der Waals surface area contributed by atoms with Crippen LogP contribution in [0.2, 0.25) is 20.1 Å². The maximum atomic E-state index is 6.12. The third kappa shape index (κ3) is 3.43. The summed E-state index contributed by atoms with van der Waals surface area (Å²) in [6, 6.07) is 1.81. The lowest BCUT2D eigenvalue weighted by Gasteiger charge is -2.11. The van der Waals surface area contributed by atoms with E-state index in [1.807, 2.05) is 0 Å². The van der Waals surface area contributed by atoms with Crippen molar-refractivity contribution in [1.82, 2.24) is 0 Å². The van der Waals surface area contributed by atoms with Crippen LogP contribution in [0.5, 0.6) is 0 Å². The molecule has 0 N–H and O–H groups in total. The third-order valence-corrected chi connectivity index (χ3v) is 4.57. The molecule has 1 aromatic rings. The predicted octanol–water partition coefficient (Wildman–Crippen LogP) is 6.28. The average molecular weight is 300 g/mol. The standard InChI is InChI=1S/C12H14Cl4/c1-3-7(2)4-5-8-6-9(13)11(15)12(16)10(8)14/h6-7H,3-5H2,1-2H3. The Morgan fingerprint density at radius 1 is 1.06 bits per heavy atom. The van der Waals surface area contributed by atoms with Crippen molar-refractivity contribution >= 4 is 46.4 Å². The molecule has 1 unspecified atom stereocenters. The van der Waals surface area contributed by atoms with E-state index in [1.54, 1.807) is 6.07 Å². The number of aryl methyl sites for hydroxylation is 1. The van der Waals surface area contributed by atoms with Crippen molar-refractivity contribution in [3.8, 4) is 0 Å². The molecule has 0 aliphatic carbocycles. The molecular formula is C12H14Cl4. The second kappa shape index (κ2) is 6.35. The molecular weight excluding hydrogens is 286 g/mol. The van der Waals surface area contributed by atoms with Crippen LogP contribution in [-0.2, 0) is 6.42 Å². The van der Waals surface area contributed by atoms with E-state index in [0.717, 1.165) is 24.8 Å². The van der Waals surface area contributed by atoms with Crippen molar-refractivity contribution in [1.29, 1.82) is 0 Å². The number of hydrogen-bond donors (Lipinski definition) is 0. The van der Waals surface area contributed by atoms with Crippen molar-refractivity contribution < 1.29 is 0 Å². The molecule has 16 heavy (non-hydrogen) atoms. The Bertz CT molecular complexity index is 374. The van der Waals surface area contributed by atoms with Gasteiger partial charge in [0, 0.05) is 0 Å². The monoisotopic (exact) mass is 298 g/mol. The van der Waals surface area contributed by atoms with Crippen LogP contribution < -0.4 is 0 Å². The first-order valence-corrected chi connectivity index (χ1v) is 6.80. The zero-order valence-corrected chi connectivity index (χ0v) is 12.3. The van der Waals surface area contributed by atoms with Crippen molar-refractivity contribution in [3.05, 3.63) is 31.7 Å². The molecule has 0 fully saturated rings. The van der Waals surface area contributed by atoms with Crippen LogP contribution in [-0.4, -0.2) is 0 Å². The molecule has 1 rings (SSSR count). The molecule has 0 nitrogen and oxygen atoms in total. The van der Waals surface area contributed by atoms with E-state index in [2.05, 4.69) is 13.8 Å². The van der Waals surface area contributed by atoms with Gasteiger partial charge >= 0.3 is 0 Å². The van der Waals surface area contributed by atoms with Crippen LogP contribution in [0.1, 0.15) is 32.3 Å². The van der Waals surface area contributed by atoms with Crippen molar-refractivity contribution in [2.45, 2.75) is 33.1 Å². The zero-order chi connectivity index (χ0) is 12.3. The number of hydrogen-bond acceptors (Lipinski definition) is 0. The maximum Gasteiger partial charge on any atom is 0.0796 e. The van der Waals surface area contributed by atoms with Gasteiger partial charge in [-0.3, -0.25) is 0 Å². The first kappa shape index (κ1) is 14.4. The Kier molecular flexibility index (Phi) is 5.73. The molecule has 90 valence electrons. The molecule has 0 spiro atoms. The van der Waals surface area contributed by atoms with Gasteiger partial charge in [0.2, 0.25) is 0 Å². The highest BCUT2D eigenvalue weighted by Crippen LogP contribution is 2.38. The number of benzene rings is 1. The highest BCUT2D eigenvalue weighted by Gasteiger charge is 2.13. The molecule has 0 radical (unpaired) electrons. The van der Waals surface area contributed by atoms with Gasteiger partial charge in [0.05, 0.1) is 20.1 Å². The van der Waals surface area contributed by atoms with Crippen molar-refractivity contribution in [2.24, 2.45) is 5.92 Å². The zero-order valence-electron chi connectivity index (χ0n) is 9.29. The minimum Gasteiger partial charge on any atom is -0.0826 e. The van der Waals surface area contributed by atoms with Crippen molar-refractivity contribution in [2.75, 3.05) is 0 Å². The molecule has 0 bridgehead atoms. The summed E-state index contributed by atoms with van der Waals surface area (Å²) in [5, 5.41) is 1.69. The Labute approximate surface area is 117 Å². The van der Waals surface area contributed by atoms with Crippen LogP contribution >= 0.6 is 46.4 Å². The number of rotatable bonds is 4. The molecule has 1 atom stereocenters. The second-order valence-electron chi connectivity index (χ2n) is 4.01. The lowest BCUT2D eigenvalue weighted by molar-refractivity contribution is 0.516. The molecule has 0 saturated carbocycles. The van der Waals surface area contributed by atoms with Crippen LogP contribution in [0.4, 0.5) is 0 Å². The minimum absolute atomic E-state index is 0.334. The highest BCUT2D eigenvalue weighted by molar-refractivity contribution is 6.51. The van der Waals surface area contributed by atoms with Crippen LogP contribution in [0.15, 0.2) is 6.07 Å². The highest BCUT2D eigenvalue weighted by atomic mass is 35.5. The Balaban J connectivity index is 2.89. The summed E-state index contributed by atoms with van der Waals surface area (Å²) >= 11 is 24.0. The molecule has 1 aromatic carbocycles. The quantitative estimate of drug-likeness (QED) is 0.453. The van der Waals surface area contributed by atoms with Gasteiger partial charge in [-0.05, 0) is 30.4 Å². The maximum absolute atomic E-state index is 6.12. The molecule has 4 heteroatoms. The van der Waals surface area contributed by atoms with Crippen molar-refractivity contribution in [3.63, 3.8) is 0 Å². The fourth-order valence-corrected chi connectivity index (χ4v) is 2.35. The fraction of sp³-hybridized carbons (Fsp3) is 0.500. The van der Waals surface area contributed by atoms with E-state index in [1.165, 1.54) is 0 Å². The van der Waals surface area contributed by atoms with Gasteiger partial charge < -0.3 is 0 Å². The van der Waals surface area contributed by atoms with Gasteiger partial charge in [-0.25, -0.2) is 0 Å². The van der Waals surface area contributed by atoms with Gasteiger partial charge in [-0.15, -0.1) is 0 Å². The van der Waals surface area contributed by atoms with Crippen LogP contribution in [0.3, 0.4) is 0 Å². The molecule has 0 aromatic heterocycles. The van der Waals surface area contributed by atoms with E-state index >= 15 is 0 Å². The van der Waals surface area contributed by atoms with Gasteiger partial charge in [-0.2, -0.15) is 0 Å². The summed E-state index contributed by atoms with van der Waals surface area (Å²) < 4.78 is 0. The smallest absolute Gasteiger partial charge is 0.0796 e. The molecule has 0 aliphatic rings. The molecule has 0 heterocycles. The summed E-state index contributed by atoms with van der Waals surface area (Å²) in [5.41, 5.74) is 0.973. The normalized spacial score (nSPS) is 12.9. The summed E-state index contributed by atoms with van der Waals surface area (Å²) in [6.45, 7) is 4.39. The first-order valence-electron chi connectivity index (χ1n) is 5.29. The first-order chi connectivity index (χ1) is 7.47. The summed E-state index contributed by atoms with van der Waals surface area (Å²) in [4.78, 5) is 0.